The molecule has 0 aromatic heterocycles. The Balaban J connectivity index is 2.21. The topological polar surface area (TPSA) is 38.0 Å². The molecule has 0 radical (unpaired) electrons. The summed E-state index contributed by atoms with van der Waals surface area (Å²) in [5.74, 6) is 7.36. The number of rotatable bonds is 3. The van der Waals surface area contributed by atoms with Gasteiger partial charge < -0.3 is 0 Å². The Labute approximate surface area is 111 Å². The van der Waals surface area contributed by atoms with Crippen molar-refractivity contribution >= 4 is 0 Å². The maximum Gasteiger partial charge on any atom is 0.0490 e. The Morgan fingerprint density at radius 2 is 2.06 bits per heavy atom. The highest BCUT2D eigenvalue weighted by Crippen LogP contribution is 2.37. The maximum atomic E-state index is 5.84. The highest BCUT2D eigenvalue weighted by atomic mass is 15.2. The van der Waals surface area contributed by atoms with Crippen LogP contribution < -0.4 is 11.3 Å². The van der Waals surface area contributed by atoms with Crippen LogP contribution in [-0.4, -0.2) is 0 Å². The van der Waals surface area contributed by atoms with Crippen molar-refractivity contribution in [3.8, 4) is 0 Å². The van der Waals surface area contributed by atoms with Gasteiger partial charge >= 0.3 is 0 Å². The van der Waals surface area contributed by atoms with E-state index in [1.807, 2.05) is 0 Å². The normalized spacial score (nSPS) is 26.0. The lowest BCUT2D eigenvalue weighted by Gasteiger charge is -2.34. The van der Waals surface area contributed by atoms with Gasteiger partial charge in [-0.25, -0.2) is 0 Å². The van der Waals surface area contributed by atoms with E-state index in [2.05, 4.69) is 44.4 Å². The molecule has 1 aliphatic rings. The van der Waals surface area contributed by atoms with Crippen molar-refractivity contribution in [2.24, 2.45) is 17.7 Å². The van der Waals surface area contributed by atoms with Gasteiger partial charge in [0.1, 0.15) is 0 Å². The van der Waals surface area contributed by atoms with Gasteiger partial charge in [0.15, 0.2) is 0 Å². The second kappa shape index (κ2) is 5.85. The highest BCUT2D eigenvalue weighted by molar-refractivity contribution is 5.33. The van der Waals surface area contributed by atoms with Crippen LogP contribution in [0.2, 0.25) is 0 Å². The summed E-state index contributed by atoms with van der Waals surface area (Å²) in [5, 5.41) is 0. The van der Waals surface area contributed by atoms with E-state index in [1.165, 1.54) is 42.4 Å². The van der Waals surface area contributed by atoms with Gasteiger partial charge in [0.2, 0.25) is 0 Å². The lowest BCUT2D eigenvalue weighted by molar-refractivity contribution is 0.224. The van der Waals surface area contributed by atoms with Gasteiger partial charge in [-0.3, -0.25) is 11.3 Å². The molecule has 0 heterocycles. The average Bonchev–Trinajstić information content (AvgIpc) is 2.33. The fourth-order valence-corrected chi connectivity index (χ4v) is 3.44. The fraction of sp³-hybridized carbons (Fsp3) is 0.625. The molecule has 1 saturated carbocycles. The van der Waals surface area contributed by atoms with Crippen LogP contribution in [0, 0.1) is 25.7 Å². The second-order valence-corrected chi connectivity index (χ2v) is 6.04. The van der Waals surface area contributed by atoms with Gasteiger partial charge in [0.25, 0.3) is 0 Å². The van der Waals surface area contributed by atoms with E-state index in [-0.39, 0.29) is 0 Å². The van der Waals surface area contributed by atoms with Crippen LogP contribution in [0.25, 0.3) is 0 Å². The molecule has 2 nitrogen and oxygen atoms in total. The summed E-state index contributed by atoms with van der Waals surface area (Å²) < 4.78 is 0. The van der Waals surface area contributed by atoms with E-state index in [4.69, 9.17) is 5.84 Å². The number of hydrogen-bond donors (Lipinski definition) is 2. The minimum Gasteiger partial charge on any atom is -0.271 e. The molecule has 1 aromatic rings. The first-order valence-corrected chi connectivity index (χ1v) is 7.15. The van der Waals surface area contributed by atoms with E-state index < -0.39 is 0 Å². The third kappa shape index (κ3) is 2.93. The third-order valence-corrected chi connectivity index (χ3v) is 4.39. The van der Waals surface area contributed by atoms with Gasteiger partial charge in [-0.1, -0.05) is 43.5 Å². The second-order valence-electron chi connectivity index (χ2n) is 6.04. The van der Waals surface area contributed by atoms with Crippen molar-refractivity contribution in [2.75, 3.05) is 0 Å². The molecule has 0 spiro atoms. The molecule has 3 N–H and O–H groups in total. The standard InChI is InChI=1S/C16H26N2/c1-11-5-4-6-14(10-11)16(18-17)15-8-7-12(2)9-13(15)3/h7-9,11,14,16,18H,4-6,10,17H2,1-3H3. The van der Waals surface area contributed by atoms with Gasteiger partial charge in [-0.15, -0.1) is 0 Å². The summed E-state index contributed by atoms with van der Waals surface area (Å²) in [5.41, 5.74) is 7.13. The van der Waals surface area contributed by atoms with Crippen LogP contribution >= 0.6 is 0 Å². The zero-order valence-electron chi connectivity index (χ0n) is 11.9. The van der Waals surface area contributed by atoms with E-state index in [0.29, 0.717) is 12.0 Å². The predicted molar refractivity (Wildman–Crippen MR) is 77.1 cm³/mol. The van der Waals surface area contributed by atoms with Crippen LogP contribution in [0.15, 0.2) is 18.2 Å². The van der Waals surface area contributed by atoms with E-state index in [0.717, 1.165) is 5.92 Å². The Bertz CT molecular complexity index is 400. The molecule has 2 rings (SSSR count). The molecule has 3 unspecified atom stereocenters. The number of aryl methyl sites for hydroxylation is 2. The van der Waals surface area contributed by atoms with Crippen molar-refractivity contribution < 1.29 is 0 Å². The lowest BCUT2D eigenvalue weighted by atomic mass is 9.76. The first-order chi connectivity index (χ1) is 8.61. The van der Waals surface area contributed by atoms with Gasteiger partial charge in [0.05, 0.1) is 0 Å². The van der Waals surface area contributed by atoms with Crippen LogP contribution in [0.4, 0.5) is 0 Å². The SMILES string of the molecule is Cc1ccc(C(NN)C2CCCC(C)C2)c(C)c1. The zero-order chi connectivity index (χ0) is 13.1. The molecule has 0 aliphatic heterocycles. The predicted octanol–water partition coefficient (Wildman–Crippen LogP) is 3.63. The molecule has 0 amide bonds. The monoisotopic (exact) mass is 246 g/mol. The van der Waals surface area contributed by atoms with Crippen molar-refractivity contribution in [2.45, 2.75) is 52.5 Å². The molecule has 2 heteroatoms. The Morgan fingerprint density at radius 3 is 2.67 bits per heavy atom. The van der Waals surface area contributed by atoms with Crippen LogP contribution in [0.5, 0.6) is 0 Å². The van der Waals surface area contributed by atoms with Crippen LogP contribution in [0.1, 0.15) is 55.3 Å². The van der Waals surface area contributed by atoms with E-state index in [1.54, 1.807) is 0 Å². The van der Waals surface area contributed by atoms with Crippen molar-refractivity contribution in [3.05, 3.63) is 34.9 Å². The molecule has 1 fully saturated rings. The van der Waals surface area contributed by atoms with Crippen LogP contribution in [0.3, 0.4) is 0 Å². The Hall–Kier alpha value is -0.860. The summed E-state index contributed by atoms with van der Waals surface area (Å²) in [6.07, 6.45) is 5.31. The summed E-state index contributed by atoms with van der Waals surface area (Å²) in [7, 11) is 0. The van der Waals surface area contributed by atoms with Crippen molar-refractivity contribution in [1.82, 2.24) is 5.43 Å². The van der Waals surface area contributed by atoms with E-state index >= 15 is 0 Å². The molecule has 3 atom stereocenters. The number of hydrogen-bond acceptors (Lipinski definition) is 2. The largest absolute Gasteiger partial charge is 0.271 e. The van der Waals surface area contributed by atoms with Crippen molar-refractivity contribution in [3.63, 3.8) is 0 Å². The van der Waals surface area contributed by atoms with Gasteiger partial charge in [0, 0.05) is 6.04 Å². The minimum absolute atomic E-state index is 0.313. The van der Waals surface area contributed by atoms with E-state index in [9.17, 15) is 0 Å². The smallest absolute Gasteiger partial charge is 0.0490 e. The highest BCUT2D eigenvalue weighted by Gasteiger charge is 2.27. The fourth-order valence-electron chi connectivity index (χ4n) is 3.44. The lowest BCUT2D eigenvalue weighted by Crippen LogP contribution is -2.36. The molecule has 0 saturated heterocycles. The maximum absolute atomic E-state index is 5.84. The quantitative estimate of drug-likeness (QED) is 0.631. The summed E-state index contributed by atoms with van der Waals surface area (Å²) in [4.78, 5) is 0. The number of nitrogens with one attached hydrogen (secondary N) is 1. The number of benzene rings is 1. The number of nitrogens with two attached hydrogens (primary N) is 1. The molecule has 1 aromatic carbocycles. The van der Waals surface area contributed by atoms with Gasteiger partial charge in [-0.05, 0) is 49.7 Å². The van der Waals surface area contributed by atoms with Crippen molar-refractivity contribution in [1.29, 1.82) is 0 Å². The molecular weight excluding hydrogens is 220 g/mol. The molecule has 0 bridgehead atoms. The first-order valence-electron chi connectivity index (χ1n) is 7.15. The third-order valence-electron chi connectivity index (χ3n) is 4.39. The average molecular weight is 246 g/mol. The zero-order valence-corrected chi connectivity index (χ0v) is 11.9. The molecular formula is C16H26N2. The molecule has 1 aliphatic carbocycles. The number of hydrazine groups is 1. The summed E-state index contributed by atoms with van der Waals surface area (Å²) in [6.45, 7) is 6.70. The summed E-state index contributed by atoms with van der Waals surface area (Å²) in [6, 6.07) is 7.01. The van der Waals surface area contributed by atoms with Gasteiger partial charge in [-0.2, -0.15) is 0 Å². The Morgan fingerprint density at radius 1 is 1.28 bits per heavy atom. The van der Waals surface area contributed by atoms with Crippen LogP contribution in [-0.2, 0) is 0 Å². The summed E-state index contributed by atoms with van der Waals surface area (Å²) >= 11 is 0. The minimum atomic E-state index is 0.313. The Kier molecular flexibility index (Phi) is 4.41. The molecule has 100 valence electrons. The first kappa shape index (κ1) is 13.6. The molecule has 18 heavy (non-hydrogen) atoms.